The van der Waals surface area contributed by atoms with Crippen molar-refractivity contribution in [1.29, 1.82) is 0 Å². The van der Waals surface area contributed by atoms with Crippen LogP contribution < -0.4 is 0 Å². The summed E-state index contributed by atoms with van der Waals surface area (Å²) in [5.74, 6) is 0.328. The predicted octanol–water partition coefficient (Wildman–Crippen LogP) is 2.57. The first-order valence-corrected chi connectivity index (χ1v) is 6.72. The Morgan fingerprint density at radius 2 is 1.85 bits per heavy atom. The molecule has 0 amide bonds. The number of nitrogens with zero attached hydrogens (tertiary/aromatic N) is 2. The first-order chi connectivity index (χ1) is 9.65. The number of aliphatic carboxylic acids is 1. The highest BCUT2D eigenvalue weighted by molar-refractivity contribution is 5.66. The van der Waals surface area contributed by atoms with E-state index in [-0.39, 0.29) is 6.42 Å². The molecule has 5 heteroatoms. The molecule has 106 valence electrons. The summed E-state index contributed by atoms with van der Waals surface area (Å²) in [5, 5.41) is 16.5. The summed E-state index contributed by atoms with van der Waals surface area (Å²) >= 11 is 0. The van der Waals surface area contributed by atoms with Gasteiger partial charge >= 0.3 is 5.97 Å². The molecule has 1 aromatic carbocycles. The second-order valence-electron chi connectivity index (χ2n) is 4.76. The van der Waals surface area contributed by atoms with Gasteiger partial charge in [0, 0.05) is 19.3 Å². The molecule has 2 rings (SSSR count). The second-order valence-corrected chi connectivity index (χ2v) is 4.76. The van der Waals surface area contributed by atoms with E-state index in [0.29, 0.717) is 31.0 Å². The highest BCUT2D eigenvalue weighted by Crippen LogP contribution is 2.12. The number of carbonyl (C=O) groups is 1. The van der Waals surface area contributed by atoms with E-state index in [1.165, 1.54) is 11.1 Å². The summed E-state index contributed by atoms with van der Waals surface area (Å²) in [6.07, 6.45) is 2.74. The van der Waals surface area contributed by atoms with Crippen molar-refractivity contribution in [1.82, 2.24) is 10.2 Å². The van der Waals surface area contributed by atoms with Crippen LogP contribution in [0.2, 0.25) is 0 Å². The molecule has 0 aliphatic rings. The van der Waals surface area contributed by atoms with Crippen molar-refractivity contribution in [3.63, 3.8) is 0 Å². The SMILES string of the molecule is Cc1ccccc1CCc1nnc(CCCC(=O)O)o1. The minimum absolute atomic E-state index is 0.126. The number of hydrogen-bond donors (Lipinski definition) is 1. The van der Waals surface area contributed by atoms with Crippen molar-refractivity contribution in [2.75, 3.05) is 0 Å². The molecule has 0 atom stereocenters. The molecule has 5 nitrogen and oxygen atoms in total. The Hall–Kier alpha value is -2.17. The van der Waals surface area contributed by atoms with Gasteiger partial charge in [0.05, 0.1) is 0 Å². The van der Waals surface area contributed by atoms with Crippen LogP contribution in [0.5, 0.6) is 0 Å². The molecule has 0 unspecified atom stereocenters. The van der Waals surface area contributed by atoms with Crippen LogP contribution in [-0.4, -0.2) is 21.3 Å². The smallest absolute Gasteiger partial charge is 0.303 e. The van der Waals surface area contributed by atoms with Crippen LogP contribution in [0, 0.1) is 6.92 Å². The van der Waals surface area contributed by atoms with Crippen LogP contribution in [0.25, 0.3) is 0 Å². The van der Waals surface area contributed by atoms with E-state index < -0.39 is 5.97 Å². The lowest BCUT2D eigenvalue weighted by Crippen LogP contribution is -1.95. The Kier molecular flexibility index (Phi) is 4.87. The Labute approximate surface area is 117 Å². The first kappa shape index (κ1) is 14.2. The van der Waals surface area contributed by atoms with E-state index in [1.54, 1.807) is 0 Å². The summed E-state index contributed by atoms with van der Waals surface area (Å²) in [7, 11) is 0. The van der Waals surface area contributed by atoms with Crippen LogP contribution in [0.15, 0.2) is 28.7 Å². The van der Waals surface area contributed by atoms with Gasteiger partial charge in [0.25, 0.3) is 0 Å². The summed E-state index contributed by atoms with van der Waals surface area (Å²) in [6, 6.07) is 8.22. The van der Waals surface area contributed by atoms with Gasteiger partial charge in [-0.3, -0.25) is 4.79 Å². The fraction of sp³-hybridized carbons (Fsp3) is 0.400. The molecule has 0 bridgehead atoms. The van der Waals surface area contributed by atoms with E-state index >= 15 is 0 Å². The number of aryl methyl sites for hydroxylation is 4. The number of aromatic nitrogens is 2. The molecule has 1 N–H and O–H groups in total. The molecule has 0 aliphatic carbocycles. The Morgan fingerprint density at radius 3 is 2.55 bits per heavy atom. The Balaban J connectivity index is 1.84. The third-order valence-corrected chi connectivity index (χ3v) is 3.16. The molecule has 0 spiro atoms. The molecule has 2 aromatic rings. The van der Waals surface area contributed by atoms with Crippen molar-refractivity contribution < 1.29 is 14.3 Å². The van der Waals surface area contributed by atoms with Gasteiger partial charge in [-0.15, -0.1) is 10.2 Å². The summed E-state index contributed by atoms with van der Waals surface area (Å²) in [5.41, 5.74) is 2.53. The second kappa shape index (κ2) is 6.84. The zero-order valence-corrected chi connectivity index (χ0v) is 11.5. The normalized spacial score (nSPS) is 10.7. The maximum absolute atomic E-state index is 10.4. The standard InChI is InChI=1S/C15H18N2O3/c1-11-5-2-3-6-12(11)9-10-14-17-16-13(20-14)7-4-8-15(18)19/h2-3,5-6H,4,7-10H2,1H3,(H,18,19). The lowest BCUT2D eigenvalue weighted by atomic mass is 10.0. The molecule has 0 saturated carbocycles. The molecule has 1 heterocycles. The van der Waals surface area contributed by atoms with Crippen molar-refractivity contribution in [3.8, 4) is 0 Å². The topological polar surface area (TPSA) is 76.2 Å². The zero-order valence-electron chi connectivity index (χ0n) is 11.5. The van der Waals surface area contributed by atoms with E-state index in [4.69, 9.17) is 9.52 Å². The van der Waals surface area contributed by atoms with Gasteiger partial charge in [0.1, 0.15) is 0 Å². The van der Waals surface area contributed by atoms with Gasteiger partial charge in [0.2, 0.25) is 11.8 Å². The van der Waals surface area contributed by atoms with E-state index in [1.807, 2.05) is 12.1 Å². The van der Waals surface area contributed by atoms with Gasteiger partial charge < -0.3 is 9.52 Å². The van der Waals surface area contributed by atoms with Crippen molar-refractivity contribution in [2.24, 2.45) is 0 Å². The summed E-state index contributed by atoms with van der Waals surface area (Å²) in [4.78, 5) is 10.4. The number of carboxylic acids is 1. The van der Waals surface area contributed by atoms with Crippen molar-refractivity contribution in [3.05, 3.63) is 47.2 Å². The largest absolute Gasteiger partial charge is 0.481 e. The summed E-state index contributed by atoms with van der Waals surface area (Å²) < 4.78 is 5.51. The average molecular weight is 274 g/mol. The van der Waals surface area contributed by atoms with Gasteiger partial charge in [0.15, 0.2) is 0 Å². The molecular formula is C15H18N2O3. The van der Waals surface area contributed by atoms with Crippen LogP contribution in [0.3, 0.4) is 0 Å². The third-order valence-electron chi connectivity index (χ3n) is 3.16. The fourth-order valence-electron chi connectivity index (χ4n) is 2.01. The fourth-order valence-corrected chi connectivity index (χ4v) is 2.01. The number of hydrogen-bond acceptors (Lipinski definition) is 4. The van der Waals surface area contributed by atoms with E-state index in [0.717, 1.165) is 6.42 Å². The van der Waals surface area contributed by atoms with Crippen molar-refractivity contribution >= 4 is 5.97 Å². The van der Waals surface area contributed by atoms with Crippen LogP contribution in [0.4, 0.5) is 0 Å². The molecule has 0 fully saturated rings. The predicted molar refractivity (Wildman–Crippen MR) is 73.5 cm³/mol. The third kappa shape index (κ3) is 4.19. The van der Waals surface area contributed by atoms with E-state index in [9.17, 15) is 4.79 Å². The van der Waals surface area contributed by atoms with Gasteiger partial charge in [-0.05, 0) is 30.9 Å². The van der Waals surface area contributed by atoms with Crippen LogP contribution >= 0.6 is 0 Å². The van der Waals surface area contributed by atoms with Crippen LogP contribution in [0.1, 0.15) is 35.7 Å². The maximum Gasteiger partial charge on any atom is 0.303 e. The number of benzene rings is 1. The Bertz CT molecular complexity index is 578. The highest BCUT2D eigenvalue weighted by atomic mass is 16.4. The molecule has 0 radical (unpaired) electrons. The first-order valence-electron chi connectivity index (χ1n) is 6.72. The maximum atomic E-state index is 10.4. The molecule has 1 aromatic heterocycles. The Morgan fingerprint density at radius 1 is 1.15 bits per heavy atom. The lowest BCUT2D eigenvalue weighted by Gasteiger charge is -2.02. The van der Waals surface area contributed by atoms with Crippen LogP contribution in [-0.2, 0) is 24.1 Å². The zero-order chi connectivity index (χ0) is 14.4. The van der Waals surface area contributed by atoms with Crippen molar-refractivity contribution in [2.45, 2.75) is 39.0 Å². The summed E-state index contributed by atoms with van der Waals surface area (Å²) in [6.45, 7) is 2.08. The van der Waals surface area contributed by atoms with Gasteiger partial charge in [-0.1, -0.05) is 24.3 Å². The molecular weight excluding hydrogens is 256 g/mol. The minimum Gasteiger partial charge on any atom is -0.481 e. The molecule has 20 heavy (non-hydrogen) atoms. The highest BCUT2D eigenvalue weighted by Gasteiger charge is 2.08. The lowest BCUT2D eigenvalue weighted by molar-refractivity contribution is -0.137. The number of carboxylic acid groups (broad SMARTS) is 1. The monoisotopic (exact) mass is 274 g/mol. The molecule has 0 aliphatic heterocycles. The average Bonchev–Trinajstić information content (AvgIpc) is 2.85. The quantitative estimate of drug-likeness (QED) is 0.839. The van der Waals surface area contributed by atoms with Gasteiger partial charge in [-0.2, -0.15) is 0 Å². The number of rotatable bonds is 7. The van der Waals surface area contributed by atoms with E-state index in [2.05, 4.69) is 29.3 Å². The van der Waals surface area contributed by atoms with Gasteiger partial charge in [-0.25, -0.2) is 0 Å². The minimum atomic E-state index is -0.802. The molecule has 0 saturated heterocycles.